The minimum atomic E-state index is 0.656. The molecule has 100 valence electrons. The summed E-state index contributed by atoms with van der Waals surface area (Å²) >= 11 is 3.42. The number of anilines is 1. The maximum atomic E-state index is 5.63. The third-order valence-electron chi connectivity index (χ3n) is 2.81. The molecule has 0 radical (unpaired) electrons. The van der Waals surface area contributed by atoms with E-state index < -0.39 is 0 Å². The van der Waals surface area contributed by atoms with E-state index in [-0.39, 0.29) is 0 Å². The Morgan fingerprint density at radius 1 is 1.00 bits per heavy atom. The van der Waals surface area contributed by atoms with Crippen LogP contribution in [0, 0.1) is 6.92 Å². The Balaban J connectivity index is 1.64. The first kappa shape index (κ1) is 14.1. The zero-order chi connectivity index (χ0) is 13.5. The predicted octanol–water partition coefficient (Wildman–Crippen LogP) is 4.39. The standard InChI is InChI=1S/C16H18BrNO/c1-13-2-8-16(9-3-13)18-10-11-19-12-14-4-6-15(17)7-5-14/h2-9,18H,10-12H2,1H3. The topological polar surface area (TPSA) is 21.3 Å². The van der Waals surface area contributed by atoms with Gasteiger partial charge in [-0.1, -0.05) is 45.8 Å². The fraction of sp³-hybridized carbons (Fsp3) is 0.250. The predicted molar refractivity (Wildman–Crippen MR) is 83.5 cm³/mol. The van der Waals surface area contributed by atoms with E-state index in [4.69, 9.17) is 4.74 Å². The summed E-state index contributed by atoms with van der Waals surface area (Å²) in [6.07, 6.45) is 0. The van der Waals surface area contributed by atoms with E-state index in [1.54, 1.807) is 0 Å². The number of benzene rings is 2. The fourth-order valence-electron chi connectivity index (χ4n) is 1.71. The molecule has 0 atom stereocenters. The Morgan fingerprint density at radius 3 is 2.37 bits per heavy atom. The number of aryl methyl sites for hydroxylation is 1. The Morgan fingerprint density at radius 2 is 1.68 bits per heavy atom. The molecule has 0 amide bonds. The molecule has 0 spiro atoms. The highest BCUT2D eigenvalue weighted by Crippen LogP contribution is 2.11. The number of nitrogens with one attached hydrogen (secondary N) is 1. The van der Waals surface area contributed by atoms with E-state index in [2.05, 4.69) is 64.6 Å². The number of hydrogen-bond acceptors (Lipinski definition) is 2. The van der Waals surface area contributed by atoms with Crippen molar-refractivity contribution >= 4 is 21.6 Å². The molecular weight excluding hydrogens is 302 g/mol. The molecule has 2 aromatic carbocycles. The zero-order valence-electron chi connectivity index (χ0n) is 11.0. The fourth-order valence-corrected chi connectivity index (χ4v) is 1.97. The first-order chi connectivity index (χ1) is 9.24. The third-order valence-corrected chi connectivity index (χ3v) is 3.34. The highest BCUT2D eigenvalue weighted by molar-refractivity contribution is 9.10. The van der Waals surface area contributed by atoms with Crippen LogP contribution in [-0.2, 0) is 11.3 Å². The smallest absolute Gasteiger partial charge is 0.0717 e. The van der Waals surface area contributed by atoms with Gasteiger partial charge in [0.2, 0.25) is 0 Å². The van der Waals surface area contributed by atoms with Crippen LogP contribution in [0.15, 0.2) is 53.0 Å². The molecule has 0 saturated carbocycles. The van der Waals surface area contributed by atoms with Crippen molar-refractivity contribution in [3.8, 4) is 0 Å². The quantitative estimate of drug-likeness (QED) is 0.797. The lowest BCUT2D eigenvalue weighted by atomic mass is 10.2. The van der Waals surface area contributed by atoms with Gasteiger partial charge in [0.1, 0.15) is 0 Å². The largest absolute Gasteiger partial charge is 0.383 e. The molecule has 2 nitrogen and oxygen atoms in total. The molecule has 19 heavy (non-hydrogen) atoms. The van der Waals surface area contributed by atoms with Crippen molar-refractivity contribution in [2.45, 2.75) is 13.5 Å². The van der Waals surface area contributed by atoms with Crippen LogP contribution < -0.4 is 5.32 Å². The Labute approximate surface area is 122 Å². The summed E-state index contributed by atoms with van der Waals surface area (Å²) < 4.78 is 6.72. The average Bonchev–Trinajstić information content (AvgIpc) is 2.43. The molecule has 2 rings (SSSR count). The van der Waals surface area contributed by atoms with Crippen LogP contribution in [0.25, 0.3) is 0 Å². The van der Waals surface area contributed by atoms with Crippen LogP contribution in [0.2, 0.25) is 0 Å². The third kappa shape index (κ3) is 5.05. The minimum Gasteiger partial charge on any atom is -0.383 e. The van der Waals surface area contributed by atoms with Gasteiger partial charge in [-0.15, -0.1) is 0 Å². The van der Waals surface area contributed by atoms with Crippen LogP contribution in [0.3, 0.4) is 0 Å². The first-order valence-corrected chi connectivity index (χ1v) is 7.16. The van der Waals surface area contributed by atoms with Crippen molar-refractivity contribution < 1.29 is 4.74 Å². The molecule has 0 fully saturated rings. The number of ether oxygens (including phenoxy) is 1. The van der Waals surface area contributed by atoms with Crippen molar-refractivity contribution in [1.82, 2.24) is 0 Å². The minimum absolute atomic E-state index is 0.656. The lowest BCUT2D eigenvalue weighted by molar-refractivity contribution is 0.130. The van der Waals surface area contributed by atoms with E-state index in [0.717, 1.165) is 16.7 Å². The van der Waals surface area contributed by atoms with Crippen LogP contribution in [0.4, 0.5) is 5.69 Å². The summed E-state index contributed by atoms with van der Waals surface area (Å²) in [6, 6.07) is 16.6. The summed E-state index contributed by atoms with van der Waals surface area (Å²) in [6.45, 7) is 4.26. The van der Waals surface area contributed by atoms with Gasteiger partial charge in [0, 0.05) is 16.7 Å². The van der Waals surface area contributed by atoms with Crippen molar-refractivity contribution in [3.63, 3.8) is 0 Å². The zero-order valence-corrected chi connectivity index (χ0v) is 12.6. The molecule has 0 aliphatic heterocycles. The monoisotopic (exact) mass is 319 g/mol. The maximum Gasteiger partial charge on any atom is 0.0717 e. The van der Waals surface area contributed by atoms with Crippen molar-refractivity contribution in [2.24, 2.45) is 0 Å². The summed E-state index contributed by atoms with van der Waals surface area (Å²) in [4.78, 5) is 0. The Hall–Kier alpha value is -1.32. The van der Waals surface area contributed by atoms with Crippen LogP contribution in [0.1, 0.15) is 11.1 Å². The van der Waals surface area contributed by atoms with Crippen molar-refractivity contribution in [1.29, 1.82) is 0 Å². The number of rotatable bonds is 6. The van der Waals surface area contributed by atoms with Gasteiger partial charge in [0.15, 0.2) is 0 Å². The van der Waals surface area contributed by atoms with Gasteiger partial charge in [-0.2, -0.15) is 0 Å². The molecule has 0 aromatic heterocycles. The molecule has 2 aromatic rings. The average molecular weight is 320 g/mol. The van der Waals surface area contributed by atoms with Crippen molar-refractivity contribution in [2.75, 3.05) is 18.5 Å². The molecule has 3 heteroatoms. The van der Waals surface area contributed by atoms with E-state index in [1.807, 2.05) is 12.1 Å². The van der Waals surface area contributed by atoms with E-state index in [9.17, 15) is 0 Å². The van der Waals surface area contributed by atoms with E-state index in [0.29, 0.717) is 13.2 Å². The molecule has 0 bridgehead atoms. The Kier molecular flexibility index (Phi) is 5.43. The molecule has 0 unspecified atom stereocenters. The second kappa shape index (κ2) is 7.31. The first-order valence-electron chi connectivity index (χ1n) is 6.37. The van der Waals surface area contributed by atoms with Gasteiger partial charge in [0.05, 0.1) is 13.2 Å². The van der Waals surface area contributed by atoms with Gasteiger partial charge in [-0.25, -0.2) is 0 Å². The Bertz CT molecular complexity index is 446. The number of hydrogen-bond donors (Lipinski definition) is 1. The van der Waals surface area contributed by atoms with Gasteiger partial charge >= 0.3 is 0 Å². The van der Waals surface area contributed by atoms with Gasteiger partial charge in [-0.3, -0.25) is 0 Å². The maximum absolute atomic E-state index is 5.63. The van der Waals surface area contributed by atoms with E-state index >= 15 is 0 Å². The lowest BCUT2D eigenvalue weighted by Gasteiger charge is -2.08. The molecule has 1 N–H and O–H groups in total. The van der Waals surface area contributed by atoms with Gasteiger partial charge in [0.25, 0.3) is 0 Å². The normalized spacial score (nSPS) is 10.4. The number of halogens is 1. The van der Waals surface area contributed by atoms with E-state index in [1.165, 1.54) is 11.1 Å². The summed E-state index contributed by atoms with van der Waals surface area (Å²) in [5.41, 5.74) is 3.61. The van der Waals surface area contributed by atoms with Crippen LogP contribution in [-0.4, -0.2) is 13.2 Å². The highest BCUT2D eigenvalue weighted by Gasteiger charge is 1.94. The second-order valence-electron chi connectivity index (χ2n) is 4.47. The van der Waals surface area contributed by atoms with Gasteiger partial charge in [-0.05, 0) is 36.8 Å². The molecule has 0 heterocycles. The molecule has 0 aliphatic rings. The molecular formula is C16H18BrNO. The second-order valence-corrected chi connectivity index (χ2v) is 5.39. The van der Waals surface area contributed by atoms with Crippen LogP contribution in [0.5, 0.6) is 0 Å². The summed E-state index contributed by atoms with van der Waals surface area (Å²) in [7, 11) is 0. The van der Waals surface area contributed by atoms with Gasteiger partial charge < -0.3 is 10.1 Å². The SMILES string of the molecule is Cc1ccc(NCCOCc2ccc(Br)cc2)cc1. The summed E-state index contributed by atoms with van der Waals surface area (Å²) in [5, 5.41) is 3.33. The lowest BCUT2D eigenvalue weighted by Crippen LogP contribution is -2.09. The summed E-state index contributed by atoms with van der Waals surface area (Å²) in [5.74, 6) is 0. The molecule has 0 saturated heterocycles. The van der Waals surface area contributed by atoms with Crippen LogP contribution >= 0.6 is 15.9 Å². The highest BCUT2D eigenvalue weighted by atomic mass is 79.9. The van der Waals surface area contributed by atoms with Crippen molar-refractivity contribution in [3.05, 3.63) is 64.1 Å². The molecule has 0 aliphatic carbocycles.